The molecule has 5 heteroatoms. The smallest absolute Gasteiger partial charge is 0.315 e. The van der Waals surface area contributed by atoms with Crippen molar-refractivity contribution in [3.8, 4) is 0 Å². The lowest BCUT2D eigenvalue weighted by Crippen LogP contribution is -2.48. The van der Waals surface area contributed by atoms with Gasteiger partial charge in [-0.15, -0.1) is 0 Å². The van der Waals surface area contributed by atoms with Gasteiger partial charge in [0, 0.05) is 18.5 Å². The van der Waals surface area contributed by atoms with E-state index in [9.17, 15) is 13.2 Å². The van der Waals surface area contributed by atoms with Crippen LogP contribution in [0.3, 0.4) is 0 Å². The van der Waals surface area contributed by atoms with E-state index in [1.165, 1.54) is 12.8 Å². The highest BCUT2D eigenvalue weighted by atomic mass is 19.4. The van der Waals surface area contributed by atoms with Crippen LogP contribution in [-0.2, 0) is 0 Å². The lowest BCUT2D eigenvalue weighted by molar-refractivity contribution is -0.135. The zero-order valence-electron chi connectivity index (χ0n) is 11.2. The molecule has 0 aromatic rings. The zero-order valence-corrected chi connectivity index (χ0v) is 11.2. The Morgan fingerprint density at radius 2 is 2.06 bits per heavy atom. The van der Waals surface area contributed by atoms with Gasteiger partial charge in [0.25, 0.3) is 0 Å². The summed E-state index contributed by atoms with van der Waals surface area (Å²) in [7, 11) is 0. The fourth-order valence-electron chi connectivity index (χ4n) is 2.70. The van der Waals surface area contributed by atoms with Gasteiger partial charge in [0.05, 0.1) is 0 Å². The first-order valence-corrected chi connectivity index (χ1v) is 7.00. The third-order valence-electron chi connectivity index (χ3n) is 3.59. The van der Waals surface area contributed by atoms with Crippen LogP contribution in [0.5, 0.6) is 0 Å². The summed E-state index contributed by atoms with van der Waals surface area (Å²) >= 11 is 0. The standard InChI is InChI=1S/C13H25F3N2/c1-2-6-12(7-5-10-18-12)11-17-9-4-3-8-13(14,15)16/h17-18H,2-11H2,1H3. The van der Waals surface area contributed by atoms with Crippen LogP contribution in [-0.4, -0.2) is 31.3 Å². The third-order valence-corrected chi connectivity index (χ3v) is 3.59. The maximum Gasteiger partial charge on any atom is 0.389 e. The molecule has 1 saturated heterocycles. The first-order valence-electron chi connectivity index (χ1n) is 7.00. The van der Waals surface area contributed by atoms with E-state index in [1.807, 2.05) is 0 Å². The second-order valence-corrected chi connectivity index (χ2v) is 5.31. The SMILES string of the molecule is CCCC1(CNCCCCC(F)(F)F)CCCN1. The predicted molar refractivity (Wildman–Crippen MR) is 67.7 cm³/mol. The van der Waals surface area contributed by atoms with Gasteiger partial charge in [-0.2, -0.15) is 13.2 Å². The highest BCUT2D eigenvalue weighted by Gasteiger charge is 2.31. The van der Waals surface area contributed by atoms with Crippen LogP contribution in [0.2, 0.25) is 0 Å². The quantitative estimate of drug-likeness (QED) is 0.659. The molecule has 1 fully saturated rings. The van der Waals surface area contributed by atoms with E-state index in [2.05, 4.69) is 17.6 Å². The zero-order chi connectivity index (χ0) is 13.5. The van der Waals surface area contributed by atoms with Crippen LogP contribution in [0.25, 0.3) is 0 Å². The van der Waals surface area contributed by atoms with E-state index in [0.29, 0.717) is 13.0 Å². The van der Waals surface area contributed by atoms with Crippen LogP contribution in [0.4, 0.5) is 13.2 Å². The van der Waals surface area contributed by atoms with Crippen molar-refractivity contribution in [3.63, 3.8) is 0 Å². The molecule has 1 heterocycles. The number of halogens is 3. The van der Waals surface area contributed by atoms with E-state index in [0.717, 1.165) is 25.9 Å². The van der Waals surface area contributed by atoms with Crippen molar-refractivity contribution in [2.45, 2.75) is 63.6 Å². The third kappa shape index (κ3) is 6.05. The Morgan fingerprint density at radius 1 is 1.28 bits per heavy atom. The molecule has 0 spiro atoms. The van der Waals surface area contributed by atoms with E-state index >= 15 is 0 Å². The molecular weight excluding hydrogens is 241 g/mol. The van der Waals surface area contributed by atoms with Gasteiger partial charge in [0.2, 0.25) is 0 Å². The lowest BCUT2D eigenvalue weighted by Gasteiger charge is -2.29. The van der Waals surface area contributed by atoms with E-state index in [1.54, 1.807) is 0 Å². The summed E-state index contributed by atoms with van der Waals surface area (Å²) in [6, 6.07) is 0. The normalized spacial score (nSPS) is 24.7. The van der Waals surface area contributed by atoms with Crippen LogP contribution in [0.15, 0.2) is 0 Å². The van der Waals surface area contributed by atoms with Gasteiger partial charge in [-0.05, 0) is 45.2 Å². The van der Waals surface area contributed by atoms with Crippen LogP contribution >= 0.6 is 0 Å². The molecule has 2 nitrogen and oxygen atoms in total. The number of nitrogens with one attached hydrogen (secondary N) is 2. The first-order chi connectivity index (χ1) is 8.47. The van der Waals surface area contributed by atoms with Gasteiger partial charge >= 0.3 is 6.18 Å². The van der Waals surface area contributed by atoms with Crippen molar-refractivity contribution in [1.29, 1.82) is 0 Å². The molecule has 0 bridgehead atoms. The van der Waals surface area contributed by atoms with Crippen LogP contribution in [0.1, 0.15) is 51.9 Å². The minimum absolute atomic E-state index is 0.193. The van der Waals surface area contributed by atoms with Gasteiger partial charge in [-0.25, -0.2) is 0 Å². The van der Waals surface area contributed by atoms with Crippen molar-refractivity contribution in [2.24, 2.45) is 0 Å². The fourth-order valence-corrected chi connectivity index (χ4v) is 2.70. The molecular formula is C13H25F3N2. The Hall–Kier alpha value is -0.290. The second kappa shape index (κ2) is 7.34. The van der Waals surface area contributed by atoms with Crippen molar-refractivity contribution >= 4 is 0 Å². The molecule has 108 valence electrons. The van der Waals surface area contributed by atoms with Gasteiger partial charge in [-0.3, -0.25) is 0 Å². The van der Waals surface area contributed by atoms with Crippen molar-refractivity contribution in [3.05, 3.63) is 0 Å². The Balaban J connectivity index is 2.09. The van der Waals surface area contributed by atoms with Crippen molar-refractivity contribution in [2.75, 3.05) is 19.6 Å². The predicted octanol–water partition coefficient (Wildman–Crippen LogP) is 3.23. The number of hydrogen-bond acceptors (Lipinski definition) is 2. The molecule has 1 aliphatic rings. The highest BCUT2D eigenvalue weighted by Crippen LogP contribution is 2.24. The van der Waals surface area contributed by atoms with Crippen LogP contribution < -0.4 is 10.6 Å². The molecule has 2 N–H and O–H groups in total. The number of rotatable bonds is 8. The number of alkyl halides is 3. The molecule has 0 aliphatic carbocycles. The summed E-state index contributed by atoms with van der Waals surface area (Å²) in [6.07, 6.45) is 0.827. The lowest BCUT2D eigenvalue weighted by atomic mass is 9.92. The van der Waals surface area contributed by atoms with E-state index < -0.39 is 12.6 Å². The molecule has 0 saturated carbocycles. The summed E-state index contributed by atoms with van der Waals surface area (Å²) < 4.78 is 35.8. The maximum atomic E-state index is 11.9. The van der Waals surface area contributed by atoms with Crippen molar-refractivity contribution < 1.29 is 13.2 Å². The average molecular weight is 266 g/mol. The molecule has 1 atom stereocenters. The van der Waals surface area contributed by atoms with Gasteiger partial charge < -0.3 is 10.6 Å². The molecule has 1 unspecified atom stereocenters. The molecule has 0 radical (unpaired) electrons. The number of hydrogen-bond donors (Lipinski definition) is 2. The highest BCUT2D eigenvalue weighted by molar-refractivity contribution is 4.94. The summed E-state index contributed by atoms with van der Waals surface area (Å²) in [5.41, 5.74) is 0.193. The van der Waals surface area contributed by atoms with E-state index in [-0.39, 0.29) is 12.0 Å². The number of unbranched alkanes of at least 4 members (excludes halogenated alkanes) is 1. The van der Waals surface area contributed by atoms with Gasteiger partial charge in [-0.1, -0.05) is 13.3 Å². The molecule has 1 rings (SSSR count). The molecule has 18 heavy (non-hydrogen) atoms. The maximum absolute atomic E-state index is 11.9. The Labute approximate surface area is 108 Å². The molecule has 0 amide bonds. The summed E-state index contributed by atoms with van der Waals surface area (Å²) in [5, 5.41) is 6.85. The minimum atomic E-state index is -4.00. The minimum Gasteiger partial charge on any atom is -0.315 e. The van der Waals surface area contributed by atoms with Gasteiger partial charge in [0.1, 0.15) is 0 Å². The topological polar surface area (TPSA) is 24.1 Å². The second-order valence-electron chi connectivity index (χ2n) is 5.31. The summed E-state index contributed by atoms with van der Waals surface area (Å²) in [4.78, 5) is 0. The van der Waals surface area contributed by atoms with Crippen LogP contribution in [0, 0.1) is 0 Å². The molecule has 0 aromatic carbocycles. The Kier molecular flexibility index (Phi) is 6.43. The fraction of sp³-hybridized carbons (Fsp3) is 1.00. The largest absolute Gasteiger partial charge is 0.389 e. The van der Waals surface area contributed by atoms with E-state index in [4.69, 9.17) is 0 Å². The molecule has 1 aliphatic heterocycles. The van der Waals surface area contributed by atoms with Gasteiger partial charge in [0.15, 0.2) is 0 Å². The summed E-state index contributed by atoms with van der Waals surface area (Å²) in [6.45, 7) is 4.80. The Morgan fingerprint density at radius 3 is 2.61 bits per heavy atom. The monoisotopic (exact) mass is 266 g/mol. The first kappa shape index (κ1) is 15.8. The molecule has 0 aromatic heterocycles. The van der Waals surface area contributed by atoms with Crippen molar-refractivity contribution in [1.82, 2.24) is 10.6 Å². The summed E-state index contributed by atoms with van der Waals surface area (Å²) in [5.74, 6) is 0. The average Bonchev–Trinajstić information content (AvgIpc) is 2.71. The Bertz CT molecular complexity index is 223.